The number of rotatable bonds is 5. The van der Waals surface area contributed by atoms with Gasteiger partial charge in [0.1, 0.15) is 0 Å². The Morgan fingerprint density at radius 2 is 1.84 bits per heavy atom. The second-order valence-electron chi connectivity index (χ2n) is 10.4. The lowest BCUT2D eigenvalue weighted by Crippen LogP contribution is -2.58. The van der Waals surface area contributed by atoms with E-state index in [0.717, 1.165) is 11.1 Å². The lowest BCUT2D eigenvalue weighted by Gasteiger charge is -2.44. The first-order chi connectivity index (χ1) is 17.3. The van der Waals surface area contributed by atoms with Crippen molar-refractivity contribution in [2.45, 2.75) is 70.7 Å². The molecule has 37 heavy (non-hydrogen) atoms. The van der Waals surface area contributed by atoms with Crippen LogP contribution in [0.25, 0.3) is 5.69 Å². The van der Waals surface area contributed by atoms with E-state index in [0.29, 0.717) is 25.7 Å². The molecule has 1 aromatic carbocycles. The molecule has 0 bridgehead atoms. The Kier molecular flexibility index (Phi) is 6.82. The maximum atomic E-state index is 13.9. The van der Waals surface area contributed by atoms with Gasteiger partial charge in [-0.15, -0.1) is 0 Å². The standard InChI is InChI=1S/C25H30F3N5O4/c1-23(2)12-17-20(18(34)13-23)21(25(26,27)28)31-33(17)16-8-6-7-15(11-16)32(22(30)36)24(37-19(35)14-29)9-4-3-5-10-24/h6-8,11H,3-5,9-10,12-14,29H2,1-2H3,(H2,30,36). The third kappa shape index (κ3) is 5.07. The first kappa shape index (κ1) is 26.6. The van der Waals surface area contributed by atoms with Gasteiger partial charge in [-0.25, -0.2) is 9.48 Å². The monoisotopic (exact) mass is 521 g/mol. The zero-order valence-corrected chi connectivity index (χ0v) is 20.7. The molecule has 9 nitrogen and oxygen atoms in total. The first-order valence-electron chi connectivity index (χ1n) is 12.1. The molecule has 0 saturated heterocycles. The molecule has 0 unspecified atom stereocenters. The molecular formula is C25H30F3N5O4. The third-order valence-electron chi connectivity index (χ3n) is 6.88. The van der Waals surface area contributed by atoms with Gasteiger partial charge >= 0.3 is 18.2 Å². The summed E-state index contributed by atoms with van der Waals surface area (Å²) in [5, 5.41) is 3.82. The molecule has 2 aliphatic carbocycles. The molecule has 1 aromatic heterocycles. The lowest BCUT2D eigenvalue weighted by molar-refractivity contribution is -0.160. The number of carbonyl (C=O) groups excluding carboxylic acids is 3. The van der Waals surface area contributed by atoms with Crippen LogP contribution < -0.4 is 16.4 Å². The zero-order chi connectivity index (χ0) is 27.2. The Morgan fingerprint density at radius 1 is 1.16 bits per heavy atom. The zero-order valence-electron chi connectivity index (χ0n) is 20.7. The van der Waals surface area contributed by atoms with Crippen molar-refractivity contribution in [3.63, 3.8) is 0 Å². The van der Waals surface area contributed by atoms with Gasteiger partial charge in [0.25, 0.3) is 0 Å². The minimum Gasteiger partial charge on any atom is -0.437 e. The van der Waals surface area contributed by atoms with Crippen molar-refractivity contribution in [1.29, 1.82) is 0 Å². The van der Waals surface area contributed by atoms with Crippen molar-refractivity contribution >= 4 is 23.5 Å². The topological polar surface area (TPSA) is 134 Å². The average molecular weight is 522 g/mol. The smallest absolute Gasteiger partial charge is 0.435 e. The molecule has 0 aliphatic heterocycles. The highest BCUT2D eigenvalue weighted by atomic mass is 19.4. The van der Waals surface area contributed by atoms with Crippen LogP contribution in [-0.4, -0.2) is 39.8 Å². The van der Waals surface area contributed by atoms with Gasteiger partial charge in [-0.2, -0.15) is 18.3 Å². The fourth-order valence-corrected chi connectivity index (χ4v) is 5.42. The molecule has 0 atom stereocenters. The third-order valence-corrected chi connectivity index (χ3v) is 6.88. The van der Waals surface area contributed by atoms with Crippen molar-refractivity contribution in [3.05, 3.63) is 41.2 Å². The fourth-order valence-electron chi connectivity index (χ4n) is 5.42. The van der Waals surface area contributed by atoms with Crippen molar-refractivity contribution in [2.75, 3.05) is 11.4 Å². The number of aromatic nitrogens is 2. The van der Waals surface area contributed by atoms with Crippen LogP contribution in [0.2, 0.25) is 0 Å². The summed E-state index contributed by atoms with van der Waals surface area (Å²) in [6.45, 7) is 3.22. The average Bonchev–Trinajstić information content (AvgIpc) is 3.19. The summed E-state index contributed by atoms with van der Waals surface area (Å²) < 4.78 is 48.4. The van der Waals surface area contributed by atoms with Crippen molar-refractivity contribution in [3.8, 4) is 5.69 Å². The SMILES string of the molecule is CC1(C)CC(=O)c2c(C(F)(F)F)nn(-c3cccc(N(C(N)=O)C4(OC(=O)CN)CCCCC4)c3)c2C1. The summed E-state index contributed by atoms with van der Waals surface area (Å²) >= 11 is 0. The molecular weight excluding hydrogens is 491 g/mol. The molecule has 2 aliphatic rings. The normalized spacial score (nSPS) is 18.7. The van der Waals surface area contributed by atoms with E-state index in [-0.39, 0.29) is 29.9 Å². The van der Waals surface area contributed by atoms with Gasteiger partial charge < -0.3 is 16.2 Å². The summed E-state index contributed by atoms with van der Waals surface area (Å²) in [7, 11) is 0. The number of esters is 1. The second-order valence-corrected chi connectivity index (χ2v) is 10.4. The van der Waals surface area contributed by atoms with Crippen molar-refractivity contribution in [1.82, 2.24) is 9.78 Å². The lowest BCUT2D eigenvalue weighted by atomic mass is 9.75. The van der Waals surface area contributed by atoms with Crippen LogP contribution in [0.15, 0.2) is 24.3 Å². The number of benzene rings is 1. The number of hydrogen-bond donors (Lipinski definition) is 2. The number of urea groups is 1. The van der Waals surface area contributed by atoms with E-state index in [1.165, 1.54) is 17.0 Å². The number of amides is 2. The van der Waals surface area contributed by atoms with Crippen LogP contribution in [-0.2, 0) is 22.1 Å². The van der Waals surface area contributed by atoms with E-state index in [4.69, 9.17) is 16.2 Å². The van der Waals surface area contributed by atoms with E-state index in [1.54, 1.807) is 12.1 Å². The maximum Gasteiger partial charge on any atom is 0.435 e. The molecule has 4 rings (SSSR count). The number of ketones is 1. The number of carbonyl (C=O) groups is 3. The van der Waals surface area contributed by atoms with E-state index < -0.39 is 52.9 Å². The number of alkyl halides is 3. The summed E-state index contributed by atoms with van der Waals surface area (Å²) in [5.74, 6) is -1.32. The van der Waals surface area contributed by atoms with Crippen molar-refractivity contribution < 1.29 is 32.3 Å². The van der Waals surface area contributed by atoms with Crippen LogP contribution >= 0.6 is 0 Å². The molecule has 12 heteroatoms. The molecule has 0 radical (unpaired) electrons. The summed E-state index contributed by atoms with van der Waals surface area (Å²) in [6.07, 6.45) is -1.81. The van der Waals surface area contributed by atoms with Gasteiger partial charge in [-0.1, -0.05) is 26.3 Å². The van der Waals surface area contributed by atoms with Crippen LogP contribution in [0.3, 0.4) is 0 Å². The van der Waals surface area contributed by atoms with Crippen LogP contribution in [0.5, 0.6) is 0 Å². The Labute approximate surface area is 211 Å². The summed E-state index contributed by atoms with van der Waals surface area (Å²) in [5.41, 5.74) is 8.19. The van der Waals surface area contributed by atoms with Crippen LogP contribution in [0.4, 0.5) is 23.7 Å². The van der Waals surface area contributed by atoms with Gasteiger partial charge in [0.05, 0.1) is 29.2 Å². The van der Waals surface area contributed by atoms with Crippen LogP contribution in [0, 0.1) is 5.41 Å². The van der Waals surface area contributed by atoms with Crippen LogP contribution in [0.1, 0.15) is 74.1 Å². The first-order valence-corrected chi connectivity index (χ1v) is 12.1. The number of anilines is 1. The highest BCUT2D eigenvalue weighted by Gasteiger charge is 2.47. The van der Waals surface area contributed by atoms with Gasteiger partial charge in [-0.05, 0) is 42.9 Å². The fraction of sp³-hybridized carbons (Fsp3) is 0.520. The molecule has 2 amide bonds. The Hall–Kier alpha value is -3.41. The summed E-state index contributed by atoms with van der Waals surface area (Å²) in [6, 6.07) is 5.19. The summed E-state index contributed by atoms with van der Waals surface area (Å²) in [4.78, 5) is 38.9. The quantitative estimate of drug-likeness (QED) is 0.450. The number of nitrogens with two attached hydrogens (primary N) is 2. The molecule has 1 heterocycles. The number of primary amides is 1. The largest absolute Gasteiger partial charge is 0.437 e. The highest BCUT2D eigenvalue weighted by Crippen LogP contribution is 2.43. The number of ether oxygens (including phenoxy) is 1. The predicted molar refractivity (Wildman–Crippen MR) is 128 cm³/mol. The minimum absolute atomic E-state index is 0.0285. The van der Waals surface area contributed by atoms with E-state index in [2.05, 4.69) is 5.10 Å². The van der Waals surface area contributed by atoms with Crippen molar-refractivity contribution in [2.24, 2.45) is 16.9 Å². The van der Waals surface area contributed by atoms with Gasteiger partial charge in [-0.3, -0.25) is 14.5 Å². The van der Waals surface area contributed by atoms with E-state index >= 15 is 0 Å². The highest BCUT2D eigenvalue weighted by molar-refractivity contribution is 6.00. The molecule has 4 N–H and O–H groups in total. The van der Waals surface area contributed by atoms with E-state index in [9.17, 15) is 27.6 Å². The van der Waals surface area contributed by atoms with Gasteiger partial charge in [0.15, 0.2) is 17.2 Å². The number of hydrogen-bond acceptors (Lipinski definition) is 6. The Morgan fingerprint density at radius 3 is 2.43 bits per heavy atom. The number of halogens is 3. The number of nitrogens with zero attached hydrogens (tertiary/aromatic N) is 3. The van der Waals surface area contributed by atoms with E-state index in [1.807, 2.05) is 13.8 Å². The molecule has 1 saturated carbocycles. The Balaban J connectivity index is 1.86. The second kappa shape index (κ2) is 9.47. The molecule has 0 spiro atoms. The number of fused-ring (bicyclic) bond motifs is 1. The number of Topliss-reactive ketones (excluding diaryl/α,β-unsaturated/α-hetero) is 1. The molecule has 1 fully saturated rings. The maximum absolute atomic E-state index is 13.9. The van der Waals surface area contributed by atoms with Gasteiger partial charge in [0, 0.05) is 19.3 Å². The van der Waals surface area contributed by atoms with Gasteiger partial charge in [0.2, 0.25) is 0 Å². The minimum atomic E-state index is -4.83. The Bertz CT molecular complexity index is 1230. The molecule has 2 aromatic rings. The predicted octanol–water partition coefficient (Wildman–Crippen LogP) is 4.09. The molecule has 200 valence electrons.